The molecule has 0 aliphatic carbocycles. The van der Waals surface area contributed by atoms with E-state index in [0.717, 1.165) is 12.1 Å². The van der Waals surface area contributed by atoms with E-state index in [1.807, 2.05) is 13.8 Å². The number of nitrogens with zero attached hydrogens (tertiary/aromatic N) is 2. The molecular weight excluding hydrogens is 294 g/mol. The van der Waals surface area contributed by atoms with Gasteiger partial charge in [0.15, 0.2) is 0 Å². The Bertz CT molecular complexity index is 456. The fourth-order valence-electron chi connectivity index (χ4n) is 1.65. The second-order valence-corrected chi connectivity index (χ2v) is 5.83. The molecule has 1 rings (SSSR count). The third kappa shape index (κ3) is 3.34. The summed E-state index contributed by atoms with van der Waals surface area (Å²) in [7, 11) is 0. The number of hydrogen-bond donors (Lipinski definition) is 1. The molecule has 0 saturated heterocycles. The van der Waals surface area contributed by atoms with Crippen molar-refractivity contribution >= 4 is 21.6 Å². The lowest BCUT2D eigenvalue weighted by Gasteiger charge is -2.22. The van der Waals surface area contributed by atoms with Crippen molar-refractivity contribution in [2.24, 2.45) is 5.92 Å². The number of aromatic nitrogens is 2. The van der Waals surface area contributed by atoms with Crippen molar-refractivity contribution in [2.75, 3.05) is 5.32 Å². The number of hydrogen-bond acceptors (Lipinski definition) is 3. The summed E-state index contributed by atoms with van der Waals surface area (Å²) in [6.45, 7) is 10.3. The zero-order valence-corrected chi connectivity index (χ0v) is 13.3. The van der Waals surface area contributed by atoms with Gasteiger partial charge in [0.1, 0.15) is 4.47 Å². The molecule has 0 aliphatic heterocycles. The van der Waals surface area contributed by atoms with Crippen molar-refractivity contribution in [2.45, 2.75) is 53.1 Å². The van der Waals surface area contributed by atoms with E-state index in [2.05, 4.69) is 47.1 Å². The minimum atomic E-state index is -0.0913. The Hall–Kier alpha value is -0.840. The van der Waals surface area contributed by atoms with Crippen LogP contribution in [0.2, 0.25) is 0 Å². The summed E-state index contributed by atoms with van der Waals surface area (Å²) in [5.74, 6) is 0.546. The largest absolute Gasteiger partial charge is 0.380 e. The van der Waals surface area contributed by atoms with E-state index in [-0.39, 0.29) is 11.6 Å². The van der Waals surface area contributed by atoms with Gasteiger partial charge in [-0.05, 0) is 42.6 Å². The fraction of sp³-hybridized carbons (Fsp3) is 0.692. The Morgan fingerprint density at radius 2 is 2.00 bits per heavy atom. The van der Waals surface area contributed by atoms with Gasteiger partial charge in [-0.2, -0.15) is 5.10 Å². The number of rotatable bonds is 5. The highest BCUT2D eigenvalue weighted by Gasteiger charge is 2.15. The molecule has 0 fully saturated rings. The molecule has 102 valence electrons. The third-order valence-corrected chi connectivity index (χ3v) is 4.08. The minimum absolute atomic E-state index is 0.0647. The van der Waals surface area contributed by atoms with Gasteiger partial charge in [-0.3, -0.25) is 4.79 Å². The average Bonchev–Trinajstić information content (AvgIpc) is 2.33. The predicted octanol–water partition coefficient (Wildman–Crippen LogP) is 3.43. The first-order chi connectivity index (χ1) is 8.38. The van der Waals surface area contributed by atoms with Crippen LogP contribution in [0, 0.1) is 5.92 Å². The van der Waals surface area contributed by atoms with E-state index in [1.165, 1.54) is 4.68 Å². The molecule has 2 atom stereocenters. The van der Waals surface area contributed by atoms with Crippen LogP contribution in [-0.2, 0) is 0 Å². The highest BCUT2D eigenvalue weighted by atomic mass is 79.9. The van der Waals surface area contributed by atoms with Gasteiger partial charge in [-0.15, -0.1) is 0 Å². The molecule has 0 spiro atoms. The molecule has 5 heteroatoms. The first-order valence-corrected chi connectivity index (χ1v) is 7.21. The maximum atomic E-state index is 12.1. The Labute approximate surface area is 117 Å². The van der Waals surface area contributed by atoms with E-state index in [9.17, 15) is 4.79 Å². The highest BCUT2D eigenvalue weighted by molar-refractivity contribution is 9.10. The van der Waals surface area contributed by atoms with Crippen LogP contribution in [0.3, 0.4) is 0 Å². The van der Waals surface area contributed by atoms with Gasteiger partial charge >= 0.3 is 0 Å². The Morgan fingerprint density at radius 1 is 1.39 bits per heavy atom. The molecule has 0 saturated carbocycles. The van der Waals surface area contributed by atoms with Crippen LogP contribution in [0.25, 0.3) is 0 Å². The molecule has 0 radical (unpaired) electrons. The standard InChI is InChI=1S/C13H22BrN3O/c1-6-9(4)10(5)16-11-7-15-17(8(2)3)13(18)12(11)14/h7-10,16H,6H2,1-5H3. The molecule has 18 heavy (non-hydrogen) atoms. The van der Waals surface area contributed by atoms with Crippen LogP contribution in [0.4, 0.5) is 5.69 Å². The van der Waals surface area contributed by atoms with Crippen molar-refractivity contribution in [1.82, 2.24) is 9.78 Å². The van der Waals surface area contributed by atoms with Crippen LogP contribution in [-0.4, -0.2) is 15.8 Å². The molecule has 0 aliphatic rings. The van der Waals surface area contributed by atoms with Crippen molar-refractivity contribution < 1.29 is 0 Å². The Morgan fingerprint density at radius 3 is 2.50 bits per heavy atom. The summed E-state index contributed by atoms with van der Waals surface area (Å²) in [5, 5.41) is 7.53. The first-order valence-electron chi connectivity index (χ1n) is 6.42. The van der Waals surface area contributed by atoms with Crippen molar-refractivity contribution in [3.63, 3.8) is 0 Å². The van der Waals surface area contributed by atoms with E-state index < -0.39 is 0 Å². The van der Waals surface area contributed by atoms with Crippen molar-refractivity contribution in [1.29, 1.82) is 0 Å². The summed E-state index contributed by atoms with van der Waals surface area (Å²) in [4.78, 5) is 12.1. The molecule has 0 aromatic carbocycles. The lowest BCUT2D eigenvalue weighted by molar-refractivity contribution is 0.487. The van der Waals surface area contributed by atoms with Gasteiger partial charge in [-0.25, -0.2) is 4.68 Å². The van der Waals surface area contributed by atoms with Crippen LogP contribution >= 0.6 is 15.9 Å². The number of nitrogens with one attached hydrogen (secondary N) is 1. The minimum Gasteiger partial charge on any atom is -0.380 e. The van der Waals surface area contributed by atoms with E-state index in [1.54, 1.807) is 6.20 Å². The Kier molecular flexibility index (Phi) is 5.38. The topological polar surface area (TPSA) is 46.9 Å². The van der Waals surface area contributed by atoms with Gasteiger partial charge < -0.3 is 5.32 Å². The van der Waals surface area contributed by atoms with E-state index in [0.29, 0.717) is 16.4 Å². The summed E-state index contributed by atoms with van der Waals surface area (Å²) < 4.78 is 2.03. The maximum absolute atomic E-state index is 12.1. The van der Waals surface area contributed by atoms with Crippen molar-refractivity contribution in [3.05, 3.63) is 21.0 Å². The zero-order valence-electron chi connectivity index (χ0n) is 11.7. The van der Waals surface area contributed by atoms with Crippen LogP contribution < -0.4 is 10.9 Å². The summed E-state index contributed by atoms with van der Waals surface area (Å²) >= 11 is 3.36. The fourth-order valence-corrected chi connectivity index (χ4v) is 2.05. The predicted molar refractivity (Wildman–Crippen MR) is 79.1 cm³/mol. The first kappa shape index (κ1) is 15.2. The second-order valence-electron chi connectivity index (χ2n) is 5.03. The maximum Gasteiger partial charge on any atom is 0.283 e. The quantitative estimate of drug-likeness (QED) is 0.905. The normalized spacial score (nSPS) is 14.6. The van der Waals surface area contributed by atoms with Crippen LogP contribution in [0.15, 0.2) is 15.5 Å². The van der Waals surface area contributed by atoms with Gasteiger partial charge in [0.05, 0.1) is 17.9 Å². The molecule has 1 aromatic heterocycles. The average molecular weight is 316 g/mol. The molecule has 0 bridgehead atoms. The molecule has 0 amide bonds. The molecular formula is C13H22BrN3O. The van der Waals surface area contributed by atoms with Gasteiger partial charge in [0.25, 0.3) is 5.56 Å². The van der Waals surface area contributed by atoms with E-state index >= 15 is 0 Å². The number of anilines is 1. The Balaban J connectivity index is 2.99. The van der Waals surface area contributed by atoms with Gasteiger partial charge in [0.2, 0.25) is 0 Å². The lowest BCUT2D eigenvalue weighted by Crippen LogP contribution is -2.29. The van der Waals surface area contributed by atoms with E-state index in [4.69, 9.17) is 0 Å². The molecule has 1 aromatic rings. The zero-order chi connectivity index (χ0) is 13.9. The smallest absolute Gasteiger partial charge is 0.283 e. The molecule has 1 heterocycles. The molecule has 4 nitrogen and oxygen atoms in total. The molecule has 1 N–H and O–H groups in total. The van der Waals surface area contributed by atoms with Crippen LogP contribution in [0.1, 0.15) is 47.1 Å². The third-order valence-electron chi connectivity index (χ3n) is 3.31. The summed E-state index contributed by atoms with van der Waals surface area (Å²) in [6.07, 6.45) is 2.81. The highest BCUT2D eigenvalue weighted by Crippen LogP contribution is 2.20. The number of halogens is 1. The monoisotopic (exact) mass is 315 g/mol. The van der Waals surface area contributed by atoms with Crippen LogP contribution in [0.5, 0.6) is 0 Å². The van der Waals surface area contributed by atoms with Gasteiger partial charge in [0, 0.05) is 6.04 Å². The lowest BCUT2D eigenvalue weighted by atomic mass is 10.0. The van der Waals surface area contributed by atoms with Gasteiger partial charge in [-0.1, -0.05) is 20.3 Å². The summed E-state index contributed by atoms with van der Waals surface area (Å²) in [6, 6.07) is 0.372. The molecule has 2 unspecified atom stereocenters. The van der Waals surface area contributed by atoms with Crippen molar-refractivity contribution in [3.8, 4) is 0 Å². The second kappa shape index (κ2) is 6.36. The SMILES string of the molecule is CCC(C)C(C)Nc1cnn(C(C)C)c(=O)c1Br. The summed E-state index contributed by atoms with van der Waals surface area (Å²) in [5.41, 5.74) is 0.677.